The Morgan fingerprint density at radius 3 is 1.93 bits per heavy atom. The molecular weight excluding hydrogens is 685 g/mol. The summed E-state index contributed by atoms with van der Waals surface area (Å²) in [6.07, 6.45) is 1.61. The lowest BCUT2D eigenvalue weighted by Crippen LogP contribution is -2.28. The summed E-state index contributed by atoms with van der Waals surface area (Å²) in [5.74, 6) is -0.469. The van der Waals surface area contributed by atoms with Gasteiger partial charge in [-0.15, -0.1) is 0 Å². The van der Waals surface area contributed by atoms with Crippen LogP contribution in [0.15, 0.2) is 119 Å². The van der Waals surface area contributed by atoms with E-state index in [-0.39, 0.29) is 0 Å². The molecule has 0 bridgehead atoms. The Kier molecular flexibility index (Phi) is 8.85. The van der Waals surface area contributed by atoms with Crippen molar-refractivity contribution in [3.63, 3.8) is 0 Å². The van der Waals surface area contributed by atoms with Crippen molar-refractivity contribution in [2.24, 2.45) is 0 Å². The van der Waals surface area contributed by atoms with E-state index in [1.165, 1.54) is 12.1 Å². The zero-order chi connectivity index (χ0) is 30.9. The van der Waals surface area contributed by atoms with Crippen molar-refractivity contribution in [3.05, 3.63) is 119 Å². The lowest BCUT2D eigenvalue weighted by atomic mass is 9.90. The molecule has 0 radical (unpaired) electrons. The predicted octanol–water partition coefficient (Wildman–Crippen LogP) is 9.74. The summed E-state index contributed by atoms with van der Waals surface area (Å²) in [4.78, 5) is 0.606. The molecule has 0 aliphatic carbocycles. The normalized spacial score (nSPS) is 12.6. The van der Waals surface area contributed by atoms with Crippen LogP contribution in [0.1, 0.15) is 0 Å². The summed E-state index contributed by atoms with van der Waals surface area (Å²) in [6.45, 7) is 0. The van der Waals surface area contributed by atoms with Gasteiger partial charge in [0.1, 0.15) is 5.75 Å². The Morgan fingerprint density at radius 1 is 0.698 bits per heavy atom. The van der Waals surface area contributed by atoms with E-state index in [1.807, 2.05) is 72.8 Å². The number of hydrogen-bond acceptors (Lipinski definition) is 4. The van der Waals surface area contributed by atoms with Crippen molar-refractivity contribution >= 4 is 48.4 Å². The largest absolute Gasteiger partial charge is 0.534 e. The van der Waals surface area contributed by atoms with Gasteiger partial charge >= 0.3 is 15.6 Å². The summed E-state index contributed by atoms with van der Waals surface area (Å²) < 4.78 is 80.1. The van der Waals surface area contributed by atoms with E-state index < -0.39 is 32.2 Å². The van der Waals surface area contributed by atoms with Gasteiger partial charge in [0.25, 0.3) is 0 Å². The van der Waals surface area contributed by atoms with Gasteiger partial charge in [-0.05, 0) is 93.0 Å². The zero-order valence-corrected chi connectivity index (χ0v) is 26.2. The van der Waals surface area contributed by atoms with Crippen molar-refractivity contribution in [1.29, 1.82) is 0 Å². The summed E-state index contributed by atoms with van der Waals surface area (Å²) in [7, 11) is -7.20. The maximum Gasteiger partial charge on any atom is 0.534 e. The quantitative estimate of drug-likeness (QED) is 0.125. The van der Waals surface area contributed by atoms with E-state index in [1.54, 1.807) is 24.5 Å². The third-order valence-corrected chi connectivity index (χ3v) is 9.22. The molecule has 0 heterocycles. The Labute approximate surface area is 262 Å². The van der Waals surface area contributed by atoms with Gasteiger partial charge < -0.3 is 4.18 Å². The first kappa shape index (κ1) is 31.0. The first-order valence-electron chi connectivity index (χ1n) is 12.6. The van der Waals surface area contributed by atoms with E-state index in [2.05, 4.69) is 20.1 Å². The highest BCUT2D eigenvalue weighted by Crippen LogP contribution is 2.40. The van der Waals surface area contributed by atoms with Crippen LogP contribution in [0.2, 0.25) is 5.02 Å². The van der Waals surface area contributed by atoms with Crippen LogP contribution in [0.25, 0.3) is 44.5 Å². The molecule has 11 heteroatoms. The van der Waals surface area contributed by atoms with Gasteiger partial charge in [-0.25, -0.2) is 0 Å². The maximum atomic E-state index is 13.0. The molecule has 5 aromatic carbocycles. The average Bonchev–Trinajstić information content (AvgIpc) is 2.96. The molecule has 4 nitrogen and oxygen atoms in total. The molecular formula is C32H21BrClF3O4S2. The fourth-order valence-corrected chi connectivity index (χ4v) is 6.41. The first-order chi connectivity index (χ1) is 20.3. The Bertz CT molecular complexity index is 1980. The van der Waals surface area contributed by atoms with E-state index in [9.17, 15) is 25.8 Å². The van der Waals surface area contributed by atoms with Crippen LogP contribution < -0.4 is 4.18 Å². The predicted molar refractivity (Wildman–Crippen MR) is 169 cm³/mol. The van der Waals surface area contributed by atoms with Crippen LogP contribution in [0.4, 0.5) is 13.2 Å². The fourth-order valence-electron chi connectivity index (χ4n) is 4.59. The van der Waals surface area contributed by atoms with Gasteiger partial charge in [0, 0.05) is 20.6 Å². The Hall–Kier alpha value is -3.44. The van der Waals surface area contributed by atoms with E-state index in [0.717, 1.165) is 43.9 Å². The van der Waals surface area contributed by atoms with E-state index in [4.69, 9.17) is 11.6 Å². The van der Waals surface area contributed by atoms with Crippen LogP contribution in [0.3, 0.4) is 0 Å². The molecule has 0 aliphatic rings. The second-order valence-corrected chi connectivity index (χ2v) is 13.7. The number of benzene rings is 5. The van der Waals surface area contributed by atoms with Gasteiger partial charge in [-0.2, -0.15) is 21.6 Å². The highest BCUT2D eigenvalue weighted by molar-refractivity contribution is 9.10. The highest BCUT2D eigenvalue weighted by Gasteiger charge is 2.48. The third-order valence-electron chi connectivity index (χ3n) is 6.55. The molecule has 43 heavy (non-hydrogen) atoms. The number of halogens is 5. The highest BCUT2D eigenvalue weighted by atomic mass is 79.9. The van der Waals surface area contributed by atoms with Gasteiger partial charge in [0.2, 0.25) is 0 Å². The van der Waals surface area contributed by atoms with Gasteiger partial charge in [0.05, 0.1) is 10.8 Å². The van der Waals surface area contributed by atoms with Gasteiger partial charge in [-0.3, -0.25) is 4.21 Å². The van der Waals surface area contributed by atoms with Gasteiger partial charge in [-0.1, -0.05) is 88.2 Å². The molecule has 0 fully saturated rings. The topological polar surface area (TPSA) is 60.4 Å². The molecule has 0 aliphatic heterocycles. The van der Waals surface area contributed by atoms with E-state index in [0.29, 0.717) is 21.0 Å². The summed E-state index contributed by atoms with van der Waals surface area (Å²) in [5.41, 5.74) is 0.304. The van der Waals surface area contributed by atoms with Crippen LogP contribution in [-0.4, -0.2) is 24.4 Å². The molecule has 0 N–H and O–H groups in total. The SMILES string of the molecule is CS(=O)c1cc(-c2cccc(Cl)c2)ccc1-c1ccc(-c2cccc(OS(=O)(=O)C(F)(F)F)c2)cc1-c1cccc(Br)c1. The average molecular weight is 706 g/mol. The fraction of sp³-hybridized carbons (Fsp3) is 0.0625. The molecule has 0 amide bonds. The van der Waals surface area contributed by atoms with Crippen LogP contribution in [-0.2, 0) is 20.9 Å². The summed E-state index contributed by atoms with van der Waals surface area (Å²) >= 11 is 9.71. The standard InChI is InChI=1S/C32H21BrClF3O4S2/c1-42(38)31-19-23(20-5-3-9-26(34)16-20)12-14-29(31)28-13-11-22(18-30(28)24-7-2-8-25(33)15-24)21-6-4-10-27(17-21)41-43(39,40)32(35,36)37/h2-19H,1H3. The van der Waals surface area contributed by atoms with Crippen LogP contribution in [0.5, 0.6) is 5.75 Å². The molecule has 5 aromatic rings. The minimum atomic E-state index is -5.83. The molecule has 0 spiro atoms. The molecule has 0 saturated carbocycles. The number of rotatable bonds is 7. The monoisotopic (exact) mass is 704 g/mol. The summed E-state index contributed by atoms with van der Waals surface area (Å²) in [6, 6.07) is 31.5. The molecule has 0 aromatic heterocycles. The smallest absolute Gasteiger partial charge is 0.376 e. The van der Waals surface area contributed by atoms with Crippen molar-refractivity contribution in [2.75, 3.05) is 6.26 Å². The van der Waals surface area contributed by atoms with Gasteiger partial charge in [0.15, 0.2) is 0 Å². The zero-order valence-electron chi connectivity index (χ0n) is 22.2. The minimum absolute atomic E-state index is 0.438. The third kappa shape index (κ3) is 6.88. The first-order valence-corrected chi connectivity index (χ1v) is 16.7. The second-order valence-electron chi connectivity index (χ2n) is 9.46. The minimum Gasteiger partial charge on any atom is -0.376 e. The lowest BCUT2D eigenvalue weighted by Gasteiger charge is -2.17. The summed E-state index contributed by atoms with van der Waals surface area (Å²) in [5, 5.41) is 0.582. The van der Waals surface area contributed by atoms with Crippen molar-refractivity contribution in [1.82, 2.24) is 0 Å². The molecule has 0 saturated heterocycles. The molecule has 1 atom stereocenters. The van der Waals surface area contributed by atoms with Crippen LogP contribution in [0, 0.1) is 0 Å². The Balaban J connectivity index is 1.66. The molecule has 5 rings (SSSR count). The van der Waals surface area contributed by atoms with E-state index >= 15 is 0 Å². The second kappa shape index (κ2) is 12.3. The van der Waals surface area contributed by atoms with Crippen molar-refractivity contribution in [2.45, 2.75) is 10.4 Å². The molecule has 1 unspecified atom stereocenters. The van der Waals surface area contributed by atoms with Crippen molar-refractivity contribution < 1.29 is 30.0 Å². The maximum absolute atomic E-state index is 13.0. The van der Waals surface area contributed by atoms with Crippen LogP contribution >= 0.6 is 27.5 Å². The van der Waals surface area contributed by atoms with Crippen molar-refractivity contribution in [3.8, 4) is 50.3 Å². The Morgan fingerprint density at radius 2 is 1.28 bits per heavy atom. The number of hydrogen-bond donors (Lipinski definition) is 0. The lowest BCUT2D eigenvalue weighted by molar-refractivity contribution is -0.0500. The molecule has 220 valence electrons. The number of alkyl halides is 3.